The lowest BCUT2D eigenvalue weighted by Crippen LogP contribution is -2.56. The van der Waals surface area contributed by atoms with Crippen molar-refractivity contribution in [3.8, 4) is 0 Å². The van der Waals surface area contributed by atoms with E-state index >= 15 is 0 Å². The van der Waals surface area contributed by atoms with Crippen LogP contribution in [0.25, 0.3) is 0 Å². The second-order valence-corrected chi connectivity index (χ2v) is 13.0. The van der Waals surface area contributed by atoms with Crippen molar-refractivity contribution in [2.24, 2.45) is 51.1 Å². The third-order valence-electron chi connectivity index (χ3n) is 12.8. The van der Waals surface area contributed by atoms with Gasteiger partial charge < -0.3 is 5.73 Å². The van der Waals surface area contributed by atoms with Crippen molar-refractivity contribution in [1.82, 2.24) is 0 Å². The van der Waals surface area contributed by atoms with Gasteiger partial charge in [0.25, 0.3) is 0 Å². The van der Waals surface area contributed by atoms with Crippen molar-refractivity contribution in [3.63, 3.8) is 0 Å². The van der Waals surface area contributed by atoms with Gasteiger partial charge in [-0.15, -0.1) is 0 Å². The molecule has 0 aromatic rings. The summed E-state index contributed by atoms with van der Waals surface area (Å²) in [5, 5.41) is 0. The Labute approximate surface area is 174 Å². The molecule has 6 fully saturated rings. The van der Waals surface area contributed by atoms with Crippen molar-refractivity contribution in [3.05, 3.63) is 0 Å². The van der Waals surface area contributed by atoms with Gasteiger partial charge in [-0.2, -0.15) is 0 Å². The summed E-state index contributed by atoms with van der Waals surface area (Å²) in [6, 6.07) is 0. The molecule has 0 amide bonds. The predicted molar refractivity (Wildman–Crippen MR) is 117 cm³/mol. The van der Waals surface area contributed by atoms with Gasteiger partial charge in [0.05, 0.1) is 0 Å². The molecular formula is C27H45N. The van der Waals surface area contributed by atoms with Crippen molar-refractivity contribution in [2.75, 3.05) is 0 Å². The summed E-state index contributed by atoms with van der Waals surface area (Å²) in [6.45, 7) is 7.93. The molecule has 158 valence electrons. The van der Waals surface area contributed by atoms with E-state index in [1.165, 1.54) is 96.3 Å². The number of fused-ring (bicyclic) bond motifs is 1. The monoisotopic (exact) mass is 383 g/mol. The fourth-order valence-corrected chi connectivity index (χ4v) is 11.5. The molecule has 28 heavy (non-hydrogen) atoms. The second kappa shape index (κ2) is 5.60. The predicted octanol–water partition coefficient (Wildman–Crippen LogP) is 7.09. The first kappa shape index (κ1) is 18.7. The first-order chi connectivity index (χ1) is 13.4. The molecule has 2 spiro atoms. The summed E-state index contributed by atoms with van der Waals surface area (Å²) in [5.74, 6) is 3.92. The largest absolute Gasteiger partial charge is 0.324 e. The maximum absolute atomic E-state index is 7.52. The lowest BCUT2D eigenvalue weighted by Gasteiger charge is -2.49. The molecule has 0 radical (unpaired) electrons. The maximum Gasteiger partial charge on any atom is 0.0251 e. The third-order valence-corrected chi connectivity index (χ3v) is 12.8. The van der Waals surface area contributed by atoms with Crippen LogP contribution in [0.15, 0.2) is 0 Å². The Morgan fingerprint density at radius 1 is 0.857 bits per heavy atom. The van der Waals surface area contributed by atoms with E-state index < -0.39 is 0 Å². The molecular weight excluding hydrogens is 338 g/mol. The molecule has 0 aliphatic heterocycles. The number of rotatable bonds is 5. The lowest BCUT2D eigenvalue weighted by molar-refractivity contribution is 0.00115. The minimum absolute atomic E-state index is 0.171. The zero-order valence-electron chi connectivity index (χ0n) is 19.0. The van der Waals surface area contributed by atoms with Crippen LogP contribution in [0, 0.1) is 45.3 Å². The van der Waals surface area contributed by atoms with Gasteiger partial charge in [0.15, 0.2) is 0 Å². The van der Waals surface area contributed by atoms with Gasteiger partial charge in [-0.05, 0) is 91.3 Å². The summed E-state index contributed by atoms with van der Waals surface area (Å²) < 4.78 is 0. The Hall–Kier alpha value is -0.0400. The maximum atomic E-state index is 7.52. The van der Waals surface area contributed by atoms with Crippen LogP contribution in [0.3, 0.4) is 0 Å². The van der Waals surface area contributed by atoms with Crippen LogP contribution in [0.4, 0.5) is 0 Å². The van der Waals surface area contributed by atoms with Crippen LogP contribution in [-0.2, 0) is 0 Å². The van der Waals surface area contributed by atoms with E-state index in [4.69, 9.17) is 5.73 Å². The summed E-state index contributed by atoms with van der Waals surface area (Å²) in [5.41, 5.74) is 10.0. The van der Waals surface area contributed by atoms with E-state index in [-0.39, 0.29) is 5.54 Å². The van der Waals surface area contributed by atoms with E-state index in [0.717, 1.165) is 23.7 Å². The first-order valence-corrected chi connectivity index (χ1v) is 13.2. The Kier molecular flexibility index (Phi) is 3.74. The van der Waals surface area contributed by atoms with E-state index in [0.29, 0.717) is 21.7 Å². The molecule has 6 aliphatic carbocycles. The molecule has 2 N–H and O–H groups in total. The lowest BCUT2D eigenvalue weighted by atomic mass is 9.56. The van der Waals surface area contributed by atoms with E-state index in [1.807, 2.05) is 0 Å². The van der Waals surface area contributed by atoms with Crippen LogP contribution in [0.5, 0.6) is 0 Å². The highest BCUT2D eigenvalue weighted by molar-refractivity contribution is 5.45. The molecule has 6 unspecified atom stereocenters. The van der Waals surface area contributed by atoms with Gasteiger partial charge in [0.1, 0.15) is 0 Å². The van der Waals surface area contributed by atoms with Crippen molar-refractivity contribution in [2.45, 2.75) is 123 Å². The molecule has 0 aromatic heterocycles. The molecule has 1 heteroatoms. The van der Waals surface area contributed by atoms with Crippen molar-refractivity contribution >= 4 is 0 Å². The molecule has 0 aromatic carbocycles. The average Bonchev–Trinajstić information content (AvgIpc) is 3.51. The fourth-order valence-electron chi connectivity index (χ4n) is 11.5. The Bertz CT molecular complexity index is 667. The number of hydrogen-bond acceptors (Lipinski definition) is 1. The first-order valence-electron chi connectivity index (χ1n) is 13.2. The molecule has 6 saturated carbocycles. The summed E-state index contributed by atoms with van der Waals surface area (Å²) >= 11 is 0. The Morgan fingerprint density at radius 3 is 2.39 bits per heavy atom. The molecule has 6 rings (SSSR count). The minimum Gasteiger partial charge on any atom is -0.324 e. The van der Waals surface area contributed by atoms with E-state index in [9.17, 15) is 0 Å². The summed E-state index contributed by atoms with van der Waals surface area (Å²) in [7, 11) is 0. The van der Waals surface area contributed by atoms with Crippen molar-refractivity contribution in [1.29, 1.82) is 0 Å². The van der Waals surface area contributed by atoms with Gasteiger partial charge in [-0.3, -0.25) is 0 Å². The molecule has 8 atom stereocenters. The van der Waals surface area contributed by atoms with Gasteiger partial charge in [-0.25, -0.2) is 0 Å². The van der Waals surface area contributed by atoms with Crippen LogP contribution in [0.1, 0.15) is 117 Å². The zero-order chi connectivity index (χ0) is 19.4. The van der Waals surface area contributed by atoms with Gasteiger partial charge in [-0.1, -0.05) is 65.7 Å². The average molecular weight is 384 g/mol. The quantitative estimate of drug-likeness (QED) is 0.539. The van der Waals surface area contributed by atoms with Crippen LogP contribution in [-0.4, -0.2) is 5.54 Å². The van der Waals surface area contributed by atoms with Crippen LogP contribution >= 0.6 is 0 Å². The number of nitrogens with two attached hydrogens (primary N) is 1. The van der Waals surface area contributed by atoms with Gasteiger partial charge in [0.2, 0.25) is 0 Å². The fraction of sp³-hybridized carbons (Fsp3) is 1.00. The normalized spacial score (nSPS) is 59.4. The highest BCUT2D eigenvalue weighted by Crippen LogP contribution is 2.98. The summed E-state index contributed by atoms with van der Waals surface area (Å²) in [6.07, 6.45) is 22.2. The Morgan fingerprint density at radius 2 is 1.64 bits per heavy atom. The highest BCUT2D eigenvalue weighted by Gasteiger charge is 2.95. The van der Waals surface area contributed by atoms with Gasteiger partial charge in [0, 0.05) is 11.0 Å². The molecule has 1 nitrogen and oxygen atoms in total. The third kappa shape index (κ3) is 1.79. The standard InChI is InChI=1S/C27H45N/c1-4-20-18-25-22-13-12-21(9-7-8-19-10-11-19)23(22,2)16-17-24(25,3)27(25)15-6-5-14-26(20,27)28/h19-22H,4-18,28H2,1-3H3/t20-,21-,22?,23?,24?,25?,26?,27?/m0/s1. The van der Waals surface area contributed by atoms with Crippen molar-refractivity contribution < 1.29 is 0 Å². The second-order valence-electron chi connectivity index (χ2n) is 13.0. The SMILES string of the molecule is CC[C@H]1CC23C4CC[C@H](CCCC5CC5)C4(C)CCC2(C)C32CCCCC12N. The molecule has 6 aliphatic rings. The number of hydrogen-bond donors (Lipinski definition) is 1. The van der Waals surface area contributed by atoms with Crippen LogP contribution < -0.4 is 5.73 Å². The Balaban J connectivity index is 1.34. The van der Waals surface area contributed by atoms with Gasteiger partial charge >= 0.3 is 0 Å². The zero-order valence-corrected chi connectivity index (χ0v) is 19.0. The topological polar surface area (TPSA) is 26.0 Å². The van der Waals surface area contributed by atoms with Crippen LogP contribution in [0.2, 0.25) is 0 Å². The minimum atomic E-state index is 0.171. The van der Waals surface area contributed by atoms with E-state index in [2.05, 4.69) is 20.8 Å². The summed E-state index contributed by atoms with van der Waals surface area (Å²) in [4.78, 5) is 0. The molecule has 0 saturated heterocycles. The molecule has 0 bridgehead atoms. The molecule has 0 heterocycles. The van der Waals surface area contributed by atoms with E-state index in [1.54, 1.807) is 0 Å². The smallest absolute Gasteiger partial charge is 0.0251 e. The highest BCUT2D eigenvalue weighted by atomic mass is 15.1.